The lowest BCUT2D eigenvalue weighted by atomic mass is 10.1. The zero-order valence-electron chi connectivity index (χ0n) is 11.4. The minimum absolute atomic E-state index is 0.000370. The first kappa shape index (κ1) is 15.9. The van der Waals surface area contributed by atoms with Gasteiger partial charge in [-0.15, -0.1) is 0 Å². The number of amides is 2. The van der Waals surface area contributed by atoms with Crippen LogP contribution in [0.3, 0.4) is 0 Å². The zero-order valence-corrected chi connectivity index (χ0v) is 12.2. The number of primary amides is 1. The summed E-state index contributed by atoms with van der Waals surface area (Å²) in [7, 11) is -0.780. The summed E-state index contributed by atoms with van der Waals surface area (Å²) in [5.74, 6) is -1.50. The summed E-state index contributed by atoms with van der Waals surface area (Å²) in [5.41, 5.74) is 5.27. The molecule has 9 heteroatoms. The van der Waals surface area contributed by atoms with E-state index in [4.69, 9.17) is 5.73 Å². The number of carbonyl (C=O) groups is 2. The Morgan fingerprint density at radius 1 is 1.21 bits per heavy atom. The summed E-state index contributed by atoms with van der Waals surface area (Å²) in [6.07, 6.45) is 0. The van der Waals surface area contributed by atoms with Crippen molar-refractivity contribution in [2.24, 2.45) is 11.7 Å². The van der Waals surface area contributed by atoms with E-state index in [-0.39, 0.29) is 32.1 Å². The van der Waals surface area contributed by atoms with E-state index >= 15 is 0 Å². The van der Waals surface area contributed by atoms with E-state index < -0.39 is 22.0 Å². The third-order valence-corrected chi connectivity index (χ3v) is 5.03. The molecule has 1 atom stereocenters. The molecule has 1 aliphatic rings. The molecule has 8 nitrogen and oxygen atoms in total. The van der Waals surface area contributed by atoms with E-state index in [1.165, 1.54) is 30.2 Å². The van der Waals surface area contributed by atoms with Gasteiger partial charge in [0.15, 0.2) is 0 Å². The Labute approximate surface area is 113 Å². The van der Waals surface area contributed by atoms with Gasteiger partial charge in [-0.2, -0.15) is 17.0 Å². The lowest BCUT2D eigenvalue weighted by Gasteiger charge is -2.25. The Hall–Kier alpha value is -1.19. The molecular weight excluding hydrogens is 272 g/mol. The molecule has 0 aromatic rings. The molecule has 1 heterocycles. The van der Waals surface area contributed by atoms with Gasteiger partial charge in [-0.1, -0.05) is 0 Å². The molecule has 2 N–H and O–H groups in total. The third-order valence-electron chi connectivity index (χ3n) is 3.12. The molecule has 0 spiro atoms. The second-order valence-electron chi connectivity index (χ2n) is 4.71. The molecule has 1 fully saturated rings. The Kier molecular flexibility index (Phi) is 4.88. The van der Waals surface area contributed by atoms with Crippen molar-refractivity contribution in [3.05, 3.63) is 0 Å². The fraction of sp³-hybridized carbons (Fsp3) is 0.800. The van der Waals surface area contributed by atoms with Gasteiger partial charge in [-0.25, -0.2) is 0 Å². The molecule has 1 aliphatic heterocycles. The number of rotatable bonds is 3. The average Bonchev–Trinajstić information content (AvgIpc) is 2.51. The zero-order chi connectivity index (χ0) is 14.8. The molecule has 110 valence electrons. The standard InChI is InChI=1S/C10H20N4O4S/c1-8(15)13-4-5-14(19(17,18)12(2)3)7-9(6-13)10(11)16/h9H,4-7H2,1-3H3,(H2,11,16)/t9-/m0/s1. The molecule has 0 bridgehead atoms. The fourth-order valence-electron chi connectivity index (χ4n) is 1.89. The average molecular weight is 292 g/mol. The van der Waals surface area contributed by atoms with E-state index in [2.05, 4.69) is 0 Å². The highest BCUT2D eigenvalue weighted by Gasteiger charge is 2.34. The van der Waals surface area contributed by atoms with Crippen molar-refractivity contribution < 1.29 is 18.0 Å². The summed E-state index contributed by atoms with van der Waals surface area (Å²) < 4.78 is 26.4. The molecule has 0 unspecified atom stereocenters. The van der Waals surface area contributed by atoms with Crippen LogP contribution in [0.15, 0.2) is 0 Å². The van der Waals surface area contributed by atoms with Crippen molar-refractivity contribution >= 4 is 22.0 Å². The topological polar surface area (TPSA) is 104 Å². The molecule has 0 aromatic carbocycles. The normalized spacial score (nSPS) is 22.3. The number of hydrogen-bond donors (Lipinski definition) is 1. The number of nitrogens with two attached hydrogens (primary N) is 1. The molecule has 0 aromatic heterocycles. The maximum atomic E-state index is 12.1. The molecule has 1 rings (SSSR count). The van der Waals surface area contributed by atoms with Gasteiger partial charge in [0.2, 0.25) is 11.8 Å². The minimum Gasteiger partial charge on any atom is -0.369 e. The first-order valence-electron chi connectivity index (χ1n) is 5.88. The predicted octanol–water partition coefficient (Wildman–Crippen LogP) is -1.94. The van der Waals surface area contributed by atoms with Gasteiger partial charge in [0.25, 0.3) is 10.2 Å². The lowest BCUT2D eigenvalue weighted by Crippen LogP contribution is -2.45. The smallest absolute Gasteiger partial charge is 0.281 e. The molecule has 2 amide bonds. The van der Waals surface area contributed by atoms with Crippen LogP contribution in [0, 0.1) is 5.92 Å². The van der Waals surface area contributed by atoms with Gasteiger partial charge in [0.1, 0.15) is 0 Å². The first-order valence-corrected chi connectivity index (χ1v) is 7.28. The van der Waals surface area contributed by atoms with Crippen molar-refractivity contribution in [3.8, 4) is 0 Å². The number of hydrogen-bond acceptors (Lipinski definition) is 4. The molecule has 0 aliphatic carbocycles. The van der Waals surface area contributed by atoms with Crippen molar-refractivity contribution in [2.75, 3.05) is 40.3 Å². The first-order chi connectivity index (χ1) is 8.66. The van der Waals surface area contributed by atoms with Crippen LogP contribution >= 0.6 is 0 Å². The largest absolute Gasteiger partial charge is 0.369 e. The van der Waals surface area contributed by atoms with E-state index in [1.807, 2.05) is 0 Å². The van der Waals surface area contributed by atoms with E-state index in [0.717, 1.165) is 4.31 Å². The van der Waals surface area contributed by atoms with Crippen LogP contribution in [-0.2, 0) is 19.8 Å². The van der Waals surface area contributed by atoms with Gasteiger partial charge in [0, 0.05) is 47.2 Å². The second-order valence-corrected chi connectivity index (χ2v) is 6.85. The van der Waals surface area contributed by atoms with Gasteiger partial charge in [0.05, 0.1) is 5.92 Å². The van der Waals surface area contributed by atoms with Gasteiger partial charge < -0.3 is 10.6 Å². The Bertz CT molecular complexity index is 462. The van der Waals surface area contributed by atoms with E-state index in [9.17, 15) is 18.0 Å². The highest BCUT2D eigenvalue weighted by Crippen LogP contribution is 2.14. The van der Waals surface area contributed by atoms with Gasteiger partial charge >= 0.3 is 0 Å². The quantitative estimate of drug-likeness (QED) is 0.653. The van der Waals surface area contributed by atoms with Crippen molar-refractivity contribution in [2.45, 2.75) is 6.92 Å². The maximum Gasteiger partial charge on any atom is 0.281 e. The summed E-state index contributed by atoms with van der Waals surface area (Å²) in [6, 6.07) is 0. The van der Waals surface area contributed by atoms with Gasteiger partial charge in [-0.3, -0.25) is 9.59 Å². The third kappa shape index (κ3) is 3.64. The fourth-order valence-corrected chi connectivity index (χ4v) is 3.03. The predicted molar refractivity (Wildman–Crippen MR) is 69.1 cm³/mol. The maximum absolute atomic E-state index is 12.1. The summed E-state index contributed by atoms with van der Waals surface area (Å²) in [5, 5.41) is 0. The van der Waals surface area contributed by atoms with Crippen molar-refractivity contribution in [3.63, 3.8) is 0 Å². The SMILES string of the molecule is CC(=O)N1CCN(S(=O)(=O)N(C)C)C[C@@H](C(N)=O)C1. The van der Waals surface area contributed by atoms with Crippen LogP contribution in [0.2, 0.25) is 0 Å². The highest BCUT2D eigenvalue weighted by molar-refractivity contribution is 7.86. The van der Waals surface area contributed by atoms with Crippen LogP contribution in [0.5, 0.6) is 0 Å². The van der Waals surface area contributed by atoms with Crippen molar-refractivity contribution in [1.29, 1.82) is 0 Å². The summed E-state index contributed by atoms with van der Waals surface area (Å²) >= 11 is 0. The van der Waals surface area contributed by atoms with Crippen LogP contribution in [-0.4, -0.2) is 74.0 Å². The monoisotopic (exact) mass is 292 g/mol. The number of nitrogens with zero attached hydrogens (tertiary/aromatic N) is 3. The second kappa shape index (κ2) is 5.85. The van der Waals surface area contributed by atoms with Gasteiger partial charge in [-0.05, 0) is 0 Å². The number of carbonyl (C=O) groups excluding carboxylic acids is 2. The van der Waals surface area contributed by atoms with E-state index in [0.29, 0.717) is 0 Å². The van der Waals surface area contributed by atoms with Crippen molar-refractivity contribution in [1.82, 2.24) is 13.5 Å². The molecule has 0 saturated carbocycles. The molecule has 19 heavy (non-hydrogen) atoms. The van der Waals surface area contributed by atoms with Crippen LogP contribution in [0.4, 0.5) is 0 Å². The van der Waals surface area contributed by atoms with E-state index in [1.54, 1.807) is 0 Å². The molecule has 0 radical (unpaired) electrons. The Balaban J connectivity index is 3.00. The van der Waals surface area contributed by atoms with Crippen LogP contribution < -0.4 is 5.73 Å². The Morgan fingerprint density at radius 3 is 2.21 bits per heavy atom. The van der Waals surface area contributed by atoms with Crippen LogP contribution in [0.1, 0.15) is 6.92 Å². The lowest BCUT2D eigenvalue weighted by molar-refractivity contribution is -0.130. The van der Waals surface area contributed by atoms with Crippen LogP contribution in [0.25, 0.3) is 0 Å². The molecule has 1 saturated heterocycles. The summed E-state index contributed by atoms with van der Waals surface area (Å²) in [4.78, 5) is 24.2. The molecular formula is C10H20N4O4S. The Morgan fingerprint density at radius 2 is 1.79 bits per heavy atom. The summed E-state index contributed by atoms with van der Waals surface area (Å²) in [6.45, 7) is 1.95. The highest BCUT2D eigenvalue weighted by atomic mass is 32.2. The minimum atomic E-state index is -3.62.